The van der Waals surface area contributed by atoms with Gasteiger partial charge in [-0.25, -0.2) is 19.2 Å². The molecule has 0 aliphatic rings. The quantitative estimate of drug-likeness (QED) is 0.471. The van der Waals surface area contributed by atoms with E-state index < -0.39 is 0 Å². The van der Waals surface area contributed by atoms with Crippen LogP contribution in [-0.2, 0) is 0 Å². The summed E-state index contributed by atoms with van der Waals surface area (Å²) >= 11 is 0. The molecule has 8 nitrogen and oxygen atoms in total. The summed E-state index contributed by atoms with van der Waals surface area (Å²) in [6, 6.07) is 13.7. The summed E-state index contributed by atoms with van der Waals surface area (Å²) in [4.78, 5) is 9.28. The van der Waals surface area contributed by atoms with Gasteiger partial charge < -0.3 is 9.47 Å². The van der Waals surface area contributed by atoms with Crippen molar-refractivity contribution in [2.45, 2.75) is 6.92 Å². The van der Waals surface area contributed by atoms with Crippen molar-refractivity contribution in [1.82, 2.24) is 29.4 Å². The van der Waals surface area contributed by atoms with Crippen LogP contribution in [0.1, 0.15) is 5.56 Å². The molecule has 0 aliphatic carbocycles. The average molecular weight is 386 g/mol. The second-order valence-electron chi connectivity index (χ2n) is 6.65. The summed E-state index contributed by atoms with van der Waals surface area (Å²) in [6.45, 7) is 2.05. The number of benzene rings is 2. The first-order valence-corrected chi connectivity index (χ1v) is 9.06. The monoisotopic (exact) mass is 386 g/mol. The van der Waals surface area contributed by atoms with E-state index >= 15 is 0 Å². The molecule has 0 saturated carbocycles. The van der Waals surface area contributed by atoms with Gasteiger partial charge in [0, 0.05) is 5.56 Å². The lowest BCUT2D eigenvalue weighted by atomic mass is 10.2. The standard InChI is InChI=1S/C21H18N6O2/c1-13-4-7-15(8-5-13)27-20-16(11-23-27)21-24-19(25-26(21)12-22-20)14-6-9-17(28-2)18(10-14)29-3/h4-12H,1-3H3. The lowest BCUT2D eigenvalue weighted by Crippen LogP contribution is -1.98. The summed E-state index contributed by atoms with van der Waals surface area (Å²) in [6.07, 6.45) is 3.42. The summed E-state index contributed by atoms with van der Waals surface area (Å²) in [7, 11) is 3.21. The number of aromatic nitrogens is 6. The van der Waals surface area contributed by atoms with E-state index in [-0.39, 0.29) is 0 Å². The van der Waals surface area contributed by atoms with Gasteiger partial charge in [0.15, 0.2) is 28.6 Å². The van der Waals surface area contributed by atoms with Crippen LogP contribution in [-0.4, -0.2) is 43.6 Å². The predicted molar refractivity (Wildman–Crippen MR) is 109 cm³/mol. The molecular formula is C21H18N6O2. The van der Waals surface area contributed by atoms with Gasteiger partial charge >= 0.3 is 0 Å². The Morgan fingerprint density at radius 3 is 2.45 bits per heavy atom. The predicted octanol–water partition coefficient (Wildman–Crippen LogP) is 3.46. The van der Waals surface area contributed by atoms with E-state index in [0.717, 1.165) is 22.3 Å². The van der Waals surface area contributed by atoms with Crippen LogP contribution < -0.4 is 9.47 Å². The molecular weight excluding hydrogens is 368 g/mol. The normalized spacial score (nSPS) is 11.3. The minimum Gasteiger partial charge on any atom is -0.493 e. The Kier molecular flexibility index (Phi) is 3.90. The van der Waals surface area contributed by atoms with Crippen molar-refractivity contribution in [3.8, 4) is 28.6 Å². The number of hydrogen-bond acceptors (Lipinski definition) is 6. The Morgan fingerprint density at radius 1 is 0.897 bits per heavy atom. The maximum atomic E-state index is 5.39. The molecule has 0 spiro atoms. The maximum absolute atomic E-state index is 5.39. The van der Waals surface area contributed by atoms with Gasteiger partial charge in [0.1, 0.15) is 6.33 Å². The molecule has 3 heterocycles. The van der Waals surface area contributed by atoms with Crippen molar-refractivity contribution in [2.75, 3.05) is 14.2 Å². The molecule has 0 amide bonds. The van der Waals surface area contributed by atoms with Crippen LogP contribution in [0.2, 0.25) is 0 Å². The zero-order valence-corrected chi connectivity index (χ0v) is 16.2. The molecule has 0 unspecified atom stereocenters. The Labute approximate surface area is 166 Å². The SMILES string of the molecule is COc1ccc(-c2nc3c4cnn(-c5ccc(C)cc5)c4ncn3n2)cc1OC. The molecule has 8 heteroatoms. The number of methoxy groups -OCH3 is 2. The molecule has 0 bridgehead atoms. The van der Waals surface area contributed by atoms with E-state index in [9.17, 15) is 0 Å². The van der Waals surface area contributed by atoms with Gasteiger partial charge in [0.25, 0.3) is 0 Å². The van der Waals surface area contributed by atoms with E-state index in [1.165, 1.54) is 5.56 Å². The first-order valence-electron chi connectivity index (χ1n) is 9.06. The van der Waals surface area contributed by atoms with Gasteiger partial charge in [-0.05, 0) is 37.3 Å². The fourth-order valence-corrected chi connectivity index (χ4v) is 3.29. The third-order valence-corrected chi connectivity index (χ3v) is 4.83. The highest BCUT2D eigenvalue weighted by atomic mass is 16.5. The fraction of sp³-hybridized carbons (Fsp3) is 0.143. The van der Waals surface area contributed by atoms with Crippen LogP contribution in [0, 0.1) is 6.92 Å². The minimum atomic E-state index is 0.573. The molecule has 0 saturated heterocycles. The summed E-state index contributed by atoms with van der Waals surface area (Å²) < 4.78 is 14.2. The first-order chi connectivity index (χ1) is 14.2. The largest absolute Gasteiger partial charge is 0.493 e. The lowest BCUT2D eigenvalue weighted by Gasteiger charge is -2.07. The number of aryl methyl sites for hydroxylation is 1. The Balaban J connectivity index is 1.64. The highest BCUT2D eigenvalue weighted by molar-refractivity contribution is 5.90. The smallest absolute Gasteiger partial charge is 0.182 e. The van der Waals surface area contributed by atoms with E-state index in [2.05, 4.69) is 22.1 Å². The highest BCUT2D eigenvalue weighted by Gasteiger charge is 2.15. The van der Waals surface area contributed by atoms with Crippen LogP contribution in [0.4, 0.5) is 0 Å². The van der Waals surface area contributed by atoms with Gasteiger partial charge in [0.05, 0.1) is 31.5 Å². The molecule has 0 fully saturated rings. The number of ether oxygens (including phenoxy) is 2. The van der Waals surface area contributed by atoms with Gasteiger partial charge in [0.2, 0.25) is 0 Å². The van der Waals surface area contributed by atoms with Crippen molar-refractivity contribution < 1.29 is 9.47 Å². The molecule has 144 valence electrons. The van der Waals surface area contributed by atoms with Gasteiger partial charge in [-0.1, -0.05) is 17.7 Å². The fourth-order valence-electron chi connectivity index (χ4n) is 3.29. The Morgan fingerprint density at radius 2 is 1.69 bits per heavy atom. The molecule has 5 rings (SSSR count). The molecule has 0 N–H and O–H groups in total. The number of rotatable bonds is 4. The van der Waals surface area contributed by atoms with E-state index in [1.807, 2.05) is 42.5 Å². The van der Waals surface area contributed by atoms with Crippen LogP contribution >= 0.6 is 0 Å². The number of nitrogens with zero attached hydrogens (tertiary/aromatic N) is 6. The van der Waals surface area contributed by atoms with Gasteiger partial charge in [-0.15, -0.1) is 5.10 Å². The van der Waals surface area contributed by atoms with E-state index in [4.69, 9.17) is 14.5 Å². The summed E-state index contributed by atoms with van der Waals surface area (Å²) in [5, 5.41) is 9.91. The highest BCUT2D eigenvalue weighted by Crippen LogP contribution is 2.31. The Bertz CT molecular complexity index is 1340. The van der Waals surface area contributed by atoms with Crippen molar-refractivity contribution in [3.63, 3.8) is 0 Å². The Hall–Kier alpha value is -3.94. The summed E-state index contributed by atoms with van der Waals surface area (Å²) in [5.74, 6) is 1.85. The number of fused-ring (bicyclic) bond motifs is 3. The van der Waals surface area contributed by atoms with Crippen LogP contribution in [0.15, 0.2) is 55.0 Å². The molecule has 3 aromatic heterocycles. The van der Waals surface area contributed by atoms with E-state index in [1.54, 1.807) is 35.9 Å². The molecule has 29 heavy (non-hydrogen) atoms. The second kappa shape index (κ2) is 6.59. The molecule has 0 radical (unpaired) electrons. The van der Waals surface area contributed by atoms with Crippen molar-refractivity contribution in [2.24, 2.45) is 0 Å². The zero-order valence-electron chi connectivity index (χ0n) is 16.2. The van der Waals surface area contributed by atoms with Crippen LogP contribution in [0.5, 0.6) is 11.5 Å². The third-order valence-electron chi connectivity index (χ3n) is 4.83. The lowest BCUT2D eigenvalue weighted by molar-refractivity contribution is 0.355. The van der Waals surface area contributed by atoms with Crippen molar-refractivity contribution in [1.29, 1.82) is 0 Å². The van der Waals surface area contributed by atoms with Crippen molar-refractivity contribution >= 4 is 16.7 Å². The van der Waals surface area contributed by atoms with Crippen molar-refractivity contribution in [3.05, 3.63) is 60.6 Å². The molecule has 5 aromatic rings. The van der Waals surface area contributed by atoms with Gasteiger partial charge in [-0.2, -0.15) is 5.10 Å². The van der Waals surface area contributed by atoms with Crippen LogP contribution in [0.25, 0.3) is 33.8 Å². The minimum absolute atomic E-state index is 0.573. The molecule has 2 aromatic carbocycles. The average Bonchev–Trinajstić information content (AvgIpc) is 3.37. The maximum Gasteiger partial charge on any atom is 0.182 e. The third kappa shape index (κ3) is 2.77. The van der Waals surface area contributed by atoms with E-state index in [0.29, 0.717) is 23.0 Å². The number of hydrogen-bond donors (Lipinski definition) is 0. The molecule has 0 aliphatic heterocycles. The van der Waals surface area contributed by atoms with Gasteiger partial charge in [-0.3, -0.25) is 0 Å². The second-order valence-corrected chi connectivity index (χ2v) is 6.65. The molecule has 0 atom stereocenters. The first kappa shape index (κ1) is 17.2. The summed E-state index contributed by atoms with van der Waals surface area (Å²) in [5.41, 5.74) is 4.39. The topological polar surface area (TPSA) is 79.4 Å². The van der Waals surface area contributed by atoms with Crippen LogP contribution in [0.3, 0.4) is 0 Å². The zero-order chi connectivity index (χ0) is 20.0.